The highest BCUT2D eigenvalue weighted by Gasteiger charge is 2.06. The number of allylic oxidation sites excluding steroid dienone is 4. The third-order valence-corrected chi connectivity index (χ3v) is 3.97. The summed E-state index contributed by atoms with van der Waals surface area (Å²) in [6.07, 6.45) is 3.21. The van der Waals surface area contributed by atoms with Crippen molar-refractivity contribution in [2.24, 2.45) is 0 Å². The Morgan fingerprint density at radius 3 is 1.74 bits per heavy atom. The van der Waals surface area contributed by atoms with E-state index >= 15 is 0 Å². The number of hydrogen-bond donors (Lipinski definition) is 2. The smallest absolute Gasteiger partial charge is 0.187 e. The Morgan fingerprint density at radius 2 is 1.26 bits per heavy atom. The summed E-state index contributed by atoms with van der Waals surface area (Å²) in [5.41, 5.74) is 2.95. The first kappa shape index (κ1) is 20.2. The van der Waals surface area contributed by atoms with Gasteiger partial charge in [-0.15, -0.1) is 0 Å². The van der Waals surface area contributed by atoms with Crippen molar-refractivity contribution < 1.29 is 9.59 Å². The van der Waals surface area contributed by atoms with E-state index in [1.807, 2.05) is 57.2 Å². The number of carbonyl (C=O) groups excluding carboxylic acids is 2. The number of nitrogens with one attached hydrogen (secondary N) is 2. The van der Waals surface area contributed by atoms with Crippen molar-refractivity contribution in [2.45, 2.75) is 26.8 Å². The minimum Gasteiger partial charge on any atom is -0.386 e. The summed E-state index contributed by atoms with van der Waals surface area (Å²) in [7, 11) is 0. The highest BCUT2D eigenvalue weighted by Crippen LogP contribution is 2.04. The van der Waals surface area contributed by atoms with Crippen molar-refractivity contribution in [3.05, 3.63) is 95.3 Å². The Bertz CT molecular complexity index is 824. The normalized spacial score (nSPS) is 13.0. The van der Waals surface area contributed by atoms with E-state index < -0.39 is 0 Å². The van der Waals surface area contributed by atoms with E-state index in [2.05, 4.69) is 10.6 Å². The predicted octanol–water partition coefficient (Wildman–Crippen LogP) is 4.13. The van der Waals surface area contributed by atoms with E-state index in [9.17, 15) is 9.59 Å². The first-order chi connectivity index (χ1) is 13.0. The molecular weight excluding hydrogens is 336 g/mol. The van der Waals surface area contributed by atoms with Gasteiger partial charge >= 0.3 is 0 Å². The van der Waals surface area contributed by atoms with Crippen LogP contribution in [0.25, 0.3) is 0 Å². The van der Waals surface area contributed by atoms with Crippen molar-refractivity contribution in [1.29, 1.82) is 0 Å². The maximum atomic E-state index is 12.2. The SMILES string of the molecule is C/C(=C\C(=O)c1ccccc1)NCC(C)N/C(C)=C/C(=O)c1ccccc1. The van der Waals surface area contributed by atoms with Gasteiger partial charge in [0, 0.05) is 47.3 Å². The van der Waals surface area contributed by atoms with E-state index in [0.717, 1.165) is 11.4 Å². The zero-order valence-corrected chi connectivity index (χ0v) is 16.0. The van der Waals surface area contributed by atoms with Gasteiger partial charge in [0.1, 0.15) is 0 Å². The molecule has 2 aromatic carbocycles. The minimum absolute atomic E-state index is 0.0225. The molecule has 0 radical (unpaired) electrons. The molecule has 0 fully saturated rings. The molecule has 27 heavy (non-hydrogen) atoms. The number of rotatable bonds is 9. The Labute approximate surface area is 161 Å². The van der Waals surface area contributed by atoms with Gasteiger partial charge in [-0.2, -0.15) is 0 Å². The molecule has 4 nitrogen and oxygen atoms in total. The van der Waals surface area contributed by atoms with Gasteiger partial charge in [-0.1, -0.05) is 60.7 Å². The van der Waals surface area contributed by atoms with Crippen LogP contribution in [0.3, 0.4) is 0 Å². The van der Waals surface area contributed by atoms with Crippen LogP contribution in [0.5, 0.6) is 0 Å². The Morgan fingerprint density at radius 1 is 0.815 bits per heavy atom. The van der Waals surface area contributed by atoms with E-state index in [0.29, 0.717) is 17.7 Å². The van der Waals surface area contributed by atoms with Gasteiger partial charge < -0.3 is 10.6 Å². The molecule has 2 aromatic rings. The molecule has 2 rings (SSSR count). The highest BCUT2D eigenvalue weighted by atomic mass is 16.1. The monoisotopic (exact) mass is 362 g/mol. The fraction of sp³-hybridized carbons (Fsp3) is 0.217. The Kier molecular flexibility index (Phi) is 7.56. The van der Waals surface area contributed by atoms with Crippen molar-refractivity contribution in [3.8, 4) is 0 Å². The summed E-state index contributed by atoms with van der Waals surface area (Å²) in [6.45, 7) is 6.40. The number of hydrogen-bond acceptors (Lipinski definition) is 4. The molecule has 0 saturated carbocycles. The molecule has 0 amide bonds. The minimum atomic E-state index is -0.0229. The summed E-state index contributed by atoms with van der Waals surface area (Å²) in [6, 6.07) is 18.5. The van der Waals surface area contributed by atoms with Crippen molar-refractivity contribution in [3.63, 3.8) is 0 Å². The van der Waals surface area contributed by atoms with Gasteiger partial charge in [-0.05, 0) is 20.8 Å². The average Bonchev–Trinajstić information content (AvgIpc) is 2.67. The molecule has 1 unspecified atom stereocenters. The van der Waals surface area contributed by atoms with Gasteiger partial charge in [0.05, 0.1) is 0 Å². The lowest BCUT2D eigenvalue weighted by Gasteiger charge is -2.17. The number of benzene rings is 2. The van der Waals surface area contributed by atoms with Crippen LogP contribution < -0.4 is 10.6 Å². The lowest BCUT2D eigenvalue weighted by molar-refractivity contribution is 0.103. The second kappa shape index (κ2) is 10.1. The summed E-state index contributed by atoms with van der Waals surface area (Å²) < 4.78 is 0. The fourth-order valence-corrected chi connectivity index (χ4v) is 2.61. The molecule has 0 heterocycles. The molecule has 0 aromatic heterocycles. The van der Waals surface area contributed by atoms with E-state index in [-0.39, 0.29) is 17.6 Å². The zero-order chi connectivity index (χ0) is 19.6. The molecule has 140 valence electrons. The highest BCUT2D eigenvalue weighted by molar-refractivity contribution is 6.05. The van der Waals surface area contributed by atoms with Crippen molar-refractivity contribution >= 4 is 11.6 Å². The third kappa shape index (κ3) is 6.94. The number of ketones is 2. The van der Waals surface area contributed by atoms with Gasteiger partial charge in [0.25, 0.3) is 0 Å². The first-order valence-electron chi connectivity index (χ1n) is 9.01. The van der Waals surface area contributed by atoms with Crippen LogP contribution >= 0.6 is 0 Å². The van der Waals surface area contributed by atoms with Crippen LogP contribution in [-0.4, -0.2) is 24.2 Å². The van der Waals surface area contributed by atoms with Crippen LogP contribution in [0.15, 0.2) is 84.2 Å². The summed E-state index contributed by atoms with van der Waals surface area (Å²) >= 11 is 0. The topological polar surface area (TPSA) is 58.2 Å². The molecule has 1 atom stereocenters. The van der Waals surface area contributed by atoms with E-state index in [1.54, 1.807) is 36.4 Å². The molecule has 2 N–H and O–H groups in total. The van der Waals surface area contributed by atoms with E-state index in [4.69, 9.17) is 0 Å². The molecule has 0 bridgehead atoms. The Hall–Kier alpha value is -3.14. The average molecular weight is 362 g/mol. The van der Waals surface area contributed by atoms with Crippen molar-refractivity contribution in [2.75, 3.05) is 6.54 Å². The van der Waals surface area contributed by atoms with Gasteiger partial charge in [-0.3, -0.25) is 9.59 Å². The summed E-state index contributed by atoms with van der Waals surface area (Å²) in [5.74, 6) is -0.0453. The quantitative estimate of drug-likeness (QED) is 0.520. The van der Waals surface area contributed by atoms with E-state index in [1.165, 1.54) is 0 Å². The maximum absolute atomic E-state index is 12.2. The molecule has 0 spiro atoms. The van der Waals surface area contributed by atoms with Crippen LogP contribution in [-0.2, 0) is 0 Å². The van der Waals surface area contributed by atoms with Gasteiger partial charge in [-0.25, -0.2) is 0 Å². The third-order valence-electron chi connectivity index (χ3n) is 3.97. The molecule has 4 heteroatoms. The van der Waals surface area contributed by atoms with Gasteiger partial charge in [0.15, 0.2) is 11.6 Å². The molecule has 0 aliphatic carbocycles. The van der Waals surface area contributed by atoms with Crippen molar-refractivity contribution in [1.82, 2.24) is 10.6 Å². The molecular formula is C23H26N2O2. The molecule has 0 saturated heterocycles. The lowest BCUT2D eigenvalue weighted by atomic mass is 10.1. The standard InChI is InChI=1S/C23H26N2O2/c1-17(14-22(26)20-10-6-4-7-11-20)24-16-19(3)25-18(2)15-23(27)21-12-8-5-9-13-21/h4-15,19,24-25H,16H2,1-3H3/b17-14+,18-15+. The van der Waals surface area contributed by atoms with Crippen LogP contribution in [0.4, 0.5) is 0 Å². The largest absolute Gasteiger partial charge is 0.386 e. The van der Waals surface area contributed by atoms with Gasteiger partial charge in [0.2, 0.25) is 0 Å². The first-order valence-corrected chi connectivity index (χ1v) is 9.01. The molecule has 0 aliphatic rings. The zero-order valence-electron chi connectivity index (χ0n) is 16.0. The van der Waals surface area contributed by atoms with Crippen LogP contribution in [0, 0.1) is 0 Å². The van der Waals surface area contributed by atoms with Crippen LogP contribution in [0.1, 0.15) is 41.5 Å². The molecule has 0 aliphatic heterocycles. The summed E-state index contributed by atoms with van der Waals surface area (Å²) in [4.78, 5) is 24.3. The Balaban J connectivity index is 1.83. The lowest BCUT2D eigenvalue weighted by Crippen LogP contribution is -2.35. The number of carbonyl (C=O) groups is 2. The maximum Gasteiger partial charge on any atom is 0.187 e. The second-order valence-electron chi connectivity index (χ2n) is 6.54. The summed E-state index contributed by atoms with van der Waals surface area (Å²) in [5, 5.41) is 6.53. The fourth-order valence-electron chi connectivity index (χ4n) is 2.61. The second-order valence-corrected chi connectivity index (χ2v) is 6.54. The predicted molar refractivity (Wildman–Crippen MR) is 110 cm³/mol. The van der Waals surface area contributed by atoms with Crippen LogP contribution in [0.2, 0.25) is 0 Å².